The number of nitrogens with one attached hydrogen (secondary N) is 2. The van der Waals surface area contributed by atoms with Crippen molar-refractivity contribution < 1.29 is 9.21 Å². The van der Waals surface area contributed by atoms with Crippen molar-refractivity contribution in [2.24, 2.45) is 0 Å². The molecular formula is C13H16N4O2. The number of carbonyl (C=O) groups is 1. The SMILES string of the molecule is CNC(C)(C)C(=O)Nc1ccc(-c2nnco2)cc1. The lowest BCUT2D eigenvalue weighted by Crippen LogP contribution is -2.47. The van der Waals surface area contributed by atoms with E-state index in [1.54, 1.807) is 19.2 Å². The number of hydrogen-bond donors (Lipinski definition) is 2. The molecule has 0 atom stereocenters. The van der Waals surface area contributed by atoms with Crippen molar-refractivity contribution in [3.63, 3.8) is 0 Å². The van der Waals surface area contributed by atoms with Crippen LogP contribution in [0.15, 0.2) is 35.1 Å². The molecular weight excluding hydrogens is 244 g/mol. The molecule has 0 aliphatic carbocycles. The highest BCUT2D eigenvalue weighted by molar-refractivity contribution is 5.97. The predicted octanol–water partition coefficient (Wildman–Crippen LogP) is 1.67. The molecule has 6 nitrogen and oxygen atoms in total. The highest BCUT2D eigenvalue weighted by Gasteiger charge is 2.24. The summed E-state index contributed by atoms with van der Waals surface area (Å²) in [6, 6.07) is 7.22. The van der Waals surface area contributed by atoms with E-state index in [0.717, 1.165) is 11.3 Å². The minimum atomic E-state index is -0.620. The Labute approximate surface area is 111 Å². The first-order chi connectivity index (χ1) is 9.03. The van der Waals surface area contributed by atoms with Gasteiger partial charge in [0.15, 0.2) is 0 Å². The minimum Gasteiger partial charge on any atom is -0.423 e. The molecule has 1 aromatic carbocycles. The van der Waals surface area contributed by atoms with E-state index in [1.807, 2.05) is 26.0 Å². The van der Waals surface area contributed by atoms with Crippen LogP contribution in [0.1, 0.15) is 13.8 Å². The van der Waals surface area contributed by atoms with E-state index in [0.29, 0.717) is 5.89 Å². The number of benzene rings is 1. The summed E-state index contributed by atoms with van der Waals surface area (Å²) in [5, 5.41) is 13.2. The van der Waals surface area contributed by atoms with Gasteiger partial charge in [0, 0.05) is 11.3 Å². The van der Waals surface area contributed by atoms with Crippen molar-refractivity contribution in [3.05, 3.63) is 30.7 Å². The fourth-order valence-electron chi connectivity index (χ4n) is 1.40. The van der Waals surface area contributed by atoms with E-state index >= 15 is 0 Å². The third-order valence-electron chi connectivity index (χ3n) is 2.94. The van der Waals surface area contributed by atoms with Gasteiger partial charge in [0.2, 0.25) is 18.2 Å². The molecule has 0 aliphatic heterocycles. The first-order valence-electron chi connectivity index (χ1n) is 5.90. The summed E-state index contributed by atoms with van der Waals surface area (Å²) in [5.41, 5.74) is 0.908. The topological polar surface area (TPSA) is 80.0 Å². The van der Waals surface area contributed by atoms with E-state index in [-0.39, 0.29) is 5.91 Å². The van der Waals surface area contributed by atoms with E-state index in [2.05, 4.69) is 20.8 Å². The second-order valence-electron chi connectivity index (χ2n) is 4.65. The molecule has 0 unspecified atom stereocenters. The number of nitrogens with zero attached hydrogens (tertiary/aromatic N) is 2. The Balaban J connectivity index is 2.10. The maximum atomic E-state index is 12.0. The first-order valence-corrected chi connectivity index (χ1v) is 5.90. The molecule has 0 fully saturated rings. The van der Waals surface area contributed by atoms with E-state index in [1.165, 1.54) is 6.39 Å². The molecule has 1 aromatic heterocycles. The maximum absolute atomic E-state index is 12.0. The van der Waals surface area contributed by atoms with Gasteiger partial charge >= 0.3 is 0 Å². The quantitative estimate of drug-likeness (QED) is 0.874. The number of likely N-dealkylation sites (N-methyl/N-ethyl adjacent to an activating group) is 1. The Morgan fingerprint density at radius 1 is 1.26 bits per heavy atom. The largest absolute Gasteiger partial charge is 0.423 e. The highest BCUT2D eigenvalue weighted by atomic mass is 16.4. The molecule has 0 saturated carbocycles. The molecule has 6 heteroatoms. The third kappa shape index (κ3) is 2.97. The molecule has 2 aromatic rings. The molecule has 1 heterocycles. The average Bonchev–Trinajstić information content (AvgIpc) is 2.93. The normalized spacial score (nSPS) is 11.3. The summed E-state index contributed by atoms with van der Waals surface area (Å²) in [6.07, 6.45) is 1.28. The van der Waals surface area contributed by atoms with Crippen LogP contribution in [0.25, 0.3) is 11.5 Å². The molecule has 0 aliphatic rings. The van der Waals surface area contributed by atoms with Gasteiger partial charge in [0.25, 0.3) is 0 Å². The van der Waals surface area contributed by atoms with Crippen LogP contribution in [0.4, 0.5) is 5.69 Å². The number of amides is 1. The Kier molecular flexibility index (Phi) is 3.62. The fraction of sp³-hybridized carbons (Fsp3) is 0.308. The van der Waals surface area contributed by atoms with Crippen molar-refractivity contribution in [1.29, 1.82) is 0 Å². The van der Waals surface area contributed by atoms with Crippen LogP contribution < -0.4 is 10.6 Å². The number of hydrogen-bond acceptors (Lipinski definition) is 5. The number of carbonyl (C=O) groups excluding carboxylic acids is 1. The zero-order chi connectivity index (χ0) is 13.9. The lowest BCUT2D eigenvalue weighted by atomic mass is 10.0. The summed E-state index contributed by atoms with van der Waals surface area (Å²) >= 11 is 0. The summed E-state index contributed by atoms with van der Waals surface area (Å²) in [7, 11) is 1.75. The standard InChI is InChI=1S/C13H16N4O2/c1-13(2,14-3)12(18)16-10-6-4-9(5-7-10)11-17-15-8-19-11/h4-8,14H,1-3H3,(H,16,18). The Morgan fingerprint density at radius 3 is 2.47 bits per heavy atom. The molecule has 2 rings (SSSR count). The molecule has 19 heavy (non-hydrogen) atoms. The molecule has 0 spiro atoms. The van der Waals surface area contributed by atoms with Gasteiger partial charge in [-0.05, 0) is 45.2 Å². The van der Waals surface area contributed by atoms with E-state index in [9.17, 15) is 4.79 Å². The minimum absolute atomic E-state index is 0.0967. The van der Waals surface area contributed by atoms with Gasteiger partial charge in [-0.3, -0.25) is 4.79 Å². The van der Waals surface area contributed by atoms with Gasteiger partial charge in [-0.1, -0.05) is 0 Å². The molecule has 100 valence electrons. The highest BCUT2D eigenvalue weighted by Crippen LogP contribution is 2.19. The average molecular weight is 260 g/mol. The first kappa shape index (κ1) is 13.2. The second-order valence-corrected chi connectivity index (χ2v) is 4.65. The van der Waals surface area contributed by atoms with Crippen LogP contribution in [0.3, 0.4) is 0 Å². The van der Waals surface area contributed by atoms with Crippen molar-refractivity contribution in [2.75, 3.05) is 12.4 Å². The van der Waals surface area contributed by atoms with Crippen LogP contribution in [0, 0.1) is 0 Å². The Hall–Kier alpha value is -2.21. The Bertz CT molecular complexity index is 547. The molecule has 0 bridgehead atoms. The van der Waals surface area contributed by atoms with E-state index < -0.39 is 5.54 Å². The monoisotopic (exact) mass is 260 g/mol. The van der Waals surface area contributed by atoms with Crippen LogP contribution >= 0.6 is 0 Å². The van der Waals surface area contributed by atoms with Gasteiger partial charge in [-0.25, -0.2) is 0 Å². The molecule has 2 N–H and O–H groups in total. The molecule has 1 amide bonds. The Morgan fingerprint density at radius 2 is 1.95 bits per heavy atom. The van der Waals surface area contributed by atoms with Crippen molar-refractivity contribution in [2.45, 2.75) is 19.4 Å². The fourth-order valence-corrected chi connectivity index (χ4v) is 1.40. The third-order valence-corrected chi connectivity index (χ3v) is 2.94. The lowest BCUT2D eigenvalue weighted by Gasteiger charge is -2.22. The predicted molar refractivity (Wildman–Crippen MR) is 71.5 cm³/mol. The summed E-state index contributed by atoms with van der Waals surface area (Å²) in [4.78, 5) is 12.0. The van der Waals surface area contributed by atoms with Crippen LogP contribution in [0.5, 0.6) is 0 Å². The summed E-state index contributed by atoms with van der Waals surface area (Å²) in [6.45, 7) is 3.63. The van der Waals surface area contributed by atoms with Crippen molar-refractivity contribution in [3.8, 4) is 11.5 Å². The number of aromatic nitrogens is 2. The van der Waals surface area contributed by atoms with Crippen LogP contribution in [0.2, 0.25) is 0 Å². The van der Waals surface area contributed by atoms with Crippen molar-refractivity contribution in [1.82, 2.24) is 15.5 Å². The van der Waals surface area contributed by atoms with Gasteiger partial charge in [0.05, 0.1) is 5.54 Å². The lowest BCUT2D eigenvalue weighted by molar-refractivity contribution is -0.121. The van der Waals surface area contributed by atoms with Crippen molar-refractivity contribution >= 4 is 11.6 Å². The van der Waals surface area contributed by atoms with Gasteiger partial charge in [-0.2, -0.15) is 0 Å². The van der Waals surface area contributed by atoms with Crippen LogP contribution in [-0.2, 0) is 4.79 Å². The zero-order valence-corrected chi connectivity index (χ0v) is 11.1. The zero-order valence-electron chi connectivity index (χ0n) is 11.1. The van der Waals surface area contributed by atoms with Gasteiger partial charge in [0.1, 0.15) is 0 Å². The smallest absolute Gasteiger partial charge is 0.247 e. The van der Waals surface area contributed by atoms with Crippen LogP contribution in [-0.4, -0.2) is 28.7 Å². The summed E-state index contributed by atoms with van der Waals surface area (Å²) < 4.78 is 5.09. The number of rotatable bonds is 4. The van der Waals surface area contributed by atoms with Gasteiger partial charge < -0.3 is 15.1 Å². The second kappa shape index (κ2) is 5.19. The maximum Gasteiger partial charge on any atom is 0.247 e. The number of anilines is 1. The summed E-state index contributed by atoms with van der Waals surface area (Å²) in [5.74, 6) is 0.356. The van der Waals surface area contributed by atoms with E-state index in [4.69, 9.17) is 4.42 Å². The van der Waals surface area contributed by atoms with Gasteiger partial charge in [-0.15, -0.1) is 10.2 Å². The molecule has 0 saturated heterocycles. The molecule has 0 radical (unpaired) electrons.